The Morgan fingerprint density at radius 1 is 0.897 bits per heavy atom. The van der Waals surface area contributed by atoms with Gasteiger partial charge in [-0.2, -0.15) is 0 Å². The summed E-state index contributed by atoms with van der Waals surface area (Å²) in [7, 11) is 0. The highest BCUT2D eigenvalue weighted by molar-refractivity contribution is 5.94. The van der Waals surface area contributed by atoms with Crippen LogP contribution in [0.25, 0.3) is 0 Å². The molecule has 5 nitrogen and oxygen atoms in total. The zero-order valence-corrected chi connectivity index (χ0v) is 15.7. The van der Waals surface area contributed by atoms with Gasteiger partial charge in [0, 0.05) is 31.2 Å². The summed E-state index contributed by atoms with van der Waals surface area (Å²) in [5, 5.41) is 0. The van der Waals surface area contributed by atoms with E-state index in [1.807, 2.05) is 60.7 Å². The molecule has 4 rings (SSSR count). The third-order valence-corrected chi connectivity index (χ3v) is 4.65. The Balaban J connectivity index is 1.41. The molecule has 5 heteroatoms. The first-order valence-electron chi connectivity index (χ1n) is 9.37. The average molecular weight is 385 g/mol. The van der Waals surface area contributed by atoms with Gasteiger partial charge in [-0.05, 0) is 29.7 Å². The second kappa shape index (κ2) is 8.52. The maximum absolute atomic E-state index is 12.5. The van der Waals surface area contributed by atoms with Crippen molar-refractivity contribution in [1.29, 1.82) is 0 Å². The van der Waals surface area contributed by atoms with Gasteiger partial charge in [0.05, 0.1) is 5.56 Å². The molecule has 1 aliphatic carbocycles. The van der Waals surface area contributed by atoms with Gasteiger partial charge in [-0.15, -0.1) is 0 Å². The number of hydrogen-bond acceptors (Lipinski definition) is 5. The van der Waals surface area contributed by atoms with Gasteiger partial charge in [-0.1, -0.05) is 48.5 Å². The standard InChI is InChI=1S/C24H19NO4/c26-20-13-19(17-7-3-1-4-8-17)14-22(15-20)29-24(27)18-11-12-23(25-16-18)28-21-9-5-2-6-10-21/h1-12,15-16,19H,13-14H2. The summed E-state index contributed by atoms with van der Waals surface area (Å²) >= 11 is 0. The molecular weight excluding hydrogens is 366 g/mol. The molecule has 3 aromatic rings. The largest absolute Gasteiger partial charge is 0.439 e. The Morgan fingerprint density at radius 3 is 2.31 bits per heavy atom. The summed E-state index contributed by atoms with van der Waals surface area (Å²) in [6, 6.07) is 22.2. The van der Waals surface area contributed by atoms with Crippen molar-refractivity contribution >= 4 is 11.8 Å². The Hall–Kier alpha value is -3.73. The van der Waals surface area contributed by atoms with E-state index in [0.717, 1.165) is 5.56 Å². The first-order chi connectivity index (χ1) is 14.2. The van der Waals surface area contributed by atoms with Crippen molar-refractivity contribution in [3.8, 4) is 11.6 Å². The van der Waals surface area contributed by atoms with Crippen LogP contribution < -0.4 is 4.74 Å². The van der Waals surface area contributed by atoms with E-state index in [4.69, 9.17) is 9.47 Å². The molecule has 0 fully saturated rings. The summed E-state index contributed by atoms with van der Waals surface area (Å²) < 4.78 is 11.1. The van der Waals surface area contributed by atoms with Gasteiger partial charge >= 0.3 is 5.97 Å². The van der Waals surface area contributed by atoms with Gasteiger partial charge < -0.3 is 9.47 Å². The number of benzene rings is 2. The molecule has 0 aliphatic heterocycles. The lowest BCUT2D eigenvalue weighted by Gasteiger charge is -2.21. The van der Waals surface area contributed by atoms with Gasteiger partial charge in [0.2, 0.25) is 5.88 Å². The second-order valence-electron chi connectivity index (χ2n) is 6.78. The third kappa shape index (κ3) is 4.76. The number of rotatable bonds is 5. The molecule has 1 atom stereocenters. The summed E-state index contributed by atoms with van der Waals surface area (Å²) in [6.45, 7) is 0. The van der Waals surface area contributed by atoms with E-state index in [2.05, 4.69) is 4.98 Å². The molecule has 0 spiro atoms. The Bertz CT molecular complexity index is 1030. The molecule has 2 aromatic carbocycles. The topological polar surface area (TPSA) is 65.5 Å². The van der Waals surface area contributed by atoms with Crippen molar-refractivity contribution in [1.82, 2.24) is 4.98 Å². The van der Waals surface area contributed by atoms with Gasteiger partial charge in [-0.25, -0.2) is 9.78 Å². The van der Waals surface area contributed by atoms with Gasteiger partial charge in [0.1, 0.15) is 11.5 Å². The van der Waals surface area contributed by atoms with Crippen molar-refractivity contribution in [3.63, 3.8) is 0 Å². The maximum atomic E-state index is 12.5. The van der Waals surface area contributed by atoms with Crippen LogP contribution in [0.3, 0.4) is 0 Å². The average Bonchev–Trinajstić information content (AvgIpc) is 2.75. The Kier molecular flexibility index (Phi) is 5.47. The van der Waals surface area contributed by atoms with Crippen LogP contribution in [-0.2, 0) is 9.53 Å². The fourth-order valence-corrected chi connectivity index (χ4v) is 3.24. The van der Waals surface area contributed by atoms with Crippen molar-refractivity contribution in [2.24, 2.45) is 0 Å². The second-order valence-corrected chi connectivity index (χ2v) is 6.78. The molecule has 0 N–H and O–H groups in total. The number of pyridine rings is 1. The molecular formula is C24H19NO4. The number of allylic oxidation sites excluding steroid dienone is 2. The summed E-state index contributed by atoms with van der Waals surface area (Å²) in [5.74, 6) is 0.840. The highest BCUT2D eigenvalue weighted by atomic mass is 16.5. The van der Waals surface area contributed by atoms with E-state index in [0.29, 0.717) is 35.8 Å². The van der Waals surface area contributed by atoms with E-state index >= 15 is 0 Å². The van der Waals surface area contributed by atoms with Gasteiger partial charge in [-0.3, -0.25) is 4.79 Å². The van der Waals surface area contributed by atoms with E-state index in [-0.39, 0.29) is 11.7 Å². The number of aromatic nitrogens is 1. The number of ether oxygens (including phenoxy) is 2. The highest BCUT2D eigenvalue weighted by Crippen LogP contribution is 2.32. The Labute approximate surface area is 168 Å². The van der Waals surface area contributed by atoms with E-state index < -0.39 is 5.97 Å². The predicted molar refractivity (Wildman–Crippen MR) is 108 cm³/mol. The van der Waals surface area contributed by atoms with Crippen LogP contribution in [0.5, 0.6) is 11.6 Å². The number of ketones is 1. The number of carbonyl (C=O) groups is 2. The van der Waals surface area contributed by atoms with Crippen LogP contribution >= 0.6 is 0 Å². The smallest absolute Gasteiger partial charge is 0.344 e. The first kappa shape index (κ1) is 18.6. The number of nitrogens with zero attached hydrogens (tertiary/aromatic N) is 1. The van der Waals surface area contributed by atoms with Crippen molar-refractivity contribution in [2.45, 2.75) is 18.8 Å². The fraction of sp³-hybridized carbons (Fsp3) is 0.125. The minimum Gasteiger partial charge on any atom is -0.439 e. The van der Waals surface area contributed by atoms with E-state index in [1.165, 1.54) is 12.3 Å². The fourth-order valence-electron chi connectivity index (χ4n) is 3.24. The van der Waals surface area contributed by atoms with Crippen molar-refractivity contribution in [3.05, 3.63) is 102 Å². The van der Waals surface area contributed by atoms with Crippen molar-refractivity contribution < 1.29 is 19.1 Å². The van der Waals surface area contributed by atoms with Crippen LogP contribution in [0.15, 0.2) is 90.8 Å². The normalized spacial score (nSPS) is 16.1. The molecule has 29 heavy (non-hydrogen) atoms. The van der Waals surface area contributed by atoms with E-state index in [1.54, 1.807) is 12.1 Å². The molecule has 0 saturated heterocycles. The molecule has 1 aromatic heterocycles. The zero-order valence-electron chi connectivity index (χ0n) is 15.7. The molecule has 144 valence electrons. The molecule has 1 aliphatic rings. The lowest BCUT2D eigenvalue weighted by molar-refractivity contribution is -0.115. The van der Waals surface area contributed by atoms with Gasteiger partial charge in [0.25, 0.3) is 0 Å². The summed E-state index contributed by atoms with van der Waals surface area (Å²) in [5.41, 5.74) is 1.35. The van der Waals surface area contributed by atoms with Crippen LogP contribution in [0, 0.1) is 0 Å². The van der Waals surface area contributed by atoms with Gasteiger partial charge in [0.15, 0.2) is 5.78 Å². The highest BCUT2D eigenvalue weighted by Gasteiger charge is 2.25. The zero-order chi connectivity index (χ0) is 20.1. The molecule has 1 unspecified atom stereocenters. The lowest BCUT2D eigenvalue weighted by Crippen LogP contribution is -2.16. The van der Waals surface area contributed by atoms with Crippen LogP contribution in [0.4, 0.5) is 0 Å². The minimum atomic E-state index is -0.545. The number of carbonyl (C=O) groups excluding carboxylic acids is 2. The number of hydrogen-bond donors (Lipinski definition) is 0. The minimum absolute atomic E-state index is 0.0104. The molecule has 0 bridgehead atoms. The predicted octanol–water partition coefficient (Wildman–Crippen LogP) is 5.06. The number of esters is 1. The summed E-state index contributed by atoms with van der Waals surface area (Å²) in [4.78, 5) is 28.7. The number of para-hydroxylation sites is 1. The molecule has 0 amide bonds. The monoisotopic (exact) mass is 385 g/mol. The Morgan fingerprint density at radius 2 is 1.62 bits per heavy atom. The molecule has 0 saturated carbocycles. The van der Waals surface area contributed by atoms with E-state index in [9.17, 15) is 9.59 Å². The maximum Gasteiger partial charge on any atom is 0.344 e. The lowest BCUT2D eigenvalue weighted by atomic mass is 9.86. The van der Waals surface area contributed by atoms with Crippen LogP contribution in [0.1, 0.15) is 34.7 Å². The summed E-state index contributed by atoms with van der Waals surface area (Å²) in [6.07, 6.45) is 3.74. The third-order valence-electron chi connectivity index (χ3n) is 4.65. The molecule has 0 radical (unpaired) electrons. The molecule has 1 heterocycles. The van der Waals surface area contributed by atoms with Crippen molar-refractivity contribution in [2.75, 3.05) is 0 Å². The quantitative estimate of drug-likeness (QED) is 0.574. The SMILES string of the molecule is O=C1C=C(OC(=O)c2ccc(Oc3ccccc3)nc2)CC(c2ccccc2)C1. The van der Waals surface area contributed by atoms with Crippen LogP contribution in [-0.4, -0.2) is 16.7 Å². The first-order valence-corrected chi connectivity index (χ1v) is 9.37. The van der Waals surface area contributed by atoms with Crippen LogP contribution in [0.2, 0.25) is 0 Å².